The number of carbonyl (C=O) groups excluding carboxylic acids is 1. The van der Waals surface area contributed by atoms with Gasteiger partial charge in [0, 0.05) is 6.20 Å². The average Bonchev–Trinajstić information content (AvgIpc) is 2.39. The molecule has 96 valence electrons. The molecule has 0 spiro atoms. The summed E-state index contributed by atoms with van der Waals surface area (Å²) in [6.45, 7) is 0. The van der Waals surface area contributed by atoms with E-state index in [0.29, 0.717) is 5.69 Å². The van der Waals surface area contributed by atoms with Crippen LogP contribution >= 0.6 is 0 Å². The molecule has 0 unspecified atom stereocenters. The molecule has 7 heteroatoms. The molecule has 0 aromatic carbocycles. The van der Waals surface area contributed by atoms with E-state index in [9.17, 15) is 9.59 Å². The minimum Gasteiger partial charge on any atom is -0.478 e. The van der Waals surface area contributed by atoms with Crippen molar-refractivity contribution in [1.29, 1.82) is 0 Å². The van der Waals surface area contributed by atoms with E-state index >= 15 is 0 Å². The van der Waals surface area contributed by atoms with Gasteiger partial charge in [0.1, 0.15) is 5.69 Å². The van der Waals surface area contributed by atoms with E-state index in [-0.39, 0.29) is 16.9 Å². The molecule has 0 aliphatic rings. The van der Waals surface area contributed by atoms with Crippen LogP contribution in [0.25, 0.3) is 0 Å². The van der Waals surface area contributed by atoms with Gasteiger partial charge in [-0.1, -0.05) is 0 Å². The zero-order valence-electron chi connectivity index (χ0n) is 9.70. The molecular weight excluding hydrogens is 248 g/mol. The van der Waals surface area contributed by atoms with Crippen LogP contribution < -0.4 is 11.1 Å². The Bertz CT molecular complexity index is 625. The maximum Gasteiger partial charge on any atom is 0.337 e. The van der Waals surface area contributed by atoms with E-state index in [1.165, 1.54) is 30.7 Å². The number of nitrogens with one attached hydrogen (secondary N) is 1. The molecule has 19 heavy (non-hydrogen) atoms. The fraction of sp³-hybridized carbons (Fsp3) is 0. The molecule has 0 fully saturated rings. The summed E-state index contributed by atoms with van der Waals surface area (Å²) >= 11 is 0. The van der Waals surface area contributed by atoms with Gasteiger partial charge in [0.05, 0.1) is 29.3 Å². The number of carboxylic acids is 1. The zero-order chi connectivity index (χ0) is 13.8. The van der Waals surface area contributed by atoms with Crippen molar-refractivity contribution in [3.8, 4) is 0 Å². The van der Waals surface area contributed by atoms with Gasteiger partial charge in [-0.15, -0.1) is 0 Å². The number of hydrogen-bond acceptors (Lipinski definition) is 5. The summed E-state index contributed by atoms with van der Waals surface area (Å²) in [5.74, 6) is -1.58. The third kappa shape index (κ3) is 3.03. The molecule has 0 aliphatic carbocycles. The van der Waals surface area contributed by atoms with Gasteiger partial charge in [0.25, 0.3) is 5.91 Å². The summed E-state index contributed by atoms with van der Waals surface area (Å²) in [5.41, 5.74) is 6.36. The van der Waals surface area contributed by atoms with Crippen LogP contribution in [0.2, 0.25) is 0 Å². The lowest BCUT2D eigenvalue weighted by Crippen LogP contribution is -2.14. The predicted octanol–water partition coefficient (Wildman–Crippen LogP) is 1.01. The third-order valence-corrected chi connectivity index (χ3v) is 2.26. The lowest BCUT2D eigenvalue weighted by atomic mass is 10.2. The van der Waals surface area contributed by atoms with Gasteiger partial charge in [0.2, 0.25) is 0 Å². The van der Waals surface area contributed by atoms with Gasteiger partial charge in [-0.25, -0.2) is 9.78 Å². The van der Waals surface area contributed by atoms with Gasteiger partial charge < -0.3 is 16.2 Å². The summed E-state index contributed by atoms with van der Waals surface area (Å²) in [6.07, 6.45) is 3.90. The Morgan fingerprint density at radius 3 is 2.63 bits per heavy atom. The molecule has 0 atom stereocenters. The minimum absolute atomic E-state index is 0.0111. The Kier molecular flexibility index (Phi) is 3.37. The van der Waals surface area contributed by atoms with E-state index in [4.69, 9.17) is 10.8 Å². The number of anilines is 2. The topological polar surface area (TPSA) is 118 Å². The van der Waals surface area contributed by atoms with Crippen LogP contribution in [-0.2, 0) is 0 Å². The summed E-state index contributed by atoms with van der Waals surface area (Å²) < 4.78 is 0. The Labute approximate surface area is 108 Å². The molecule has 2 heterocycles. The van der Waals surface area contributed by atoms with Crippen molar-refractivity contribution in [2.24, 2.45) is 0 Å². The number of carboxylic acid groups (broad SMARTS) is 1. The first kappa shape index (κ1) is 12.5. The number of hydrogen-bond donors (Lipinski definition) is 3. The van der Waals surface area contributed by atoms with Crippen molar-refractivity contribution in [3.63, 3.8) is 0 Å². The van der Waals surface area contributed by atoms with Crippen molar-refractivity contribution in [2.45, 2.75) is 0 Å². The molecule has 4 N–H and O–H groups in total. The quantitative estimate of drug-likeness (QED) is 0.756. The van der Waals surface area contributed by atoms with Crippen molar-refractivity contribution in [1.82, 2.24) is 9.97 Å². The highest BCUT2D eigenvalue weighted by Gasteiger charge is 2.09. The molecule has 7 nitrogen and oxygen atoms in total. The second-order valence-electron chi connectivity index (χ2n) is 3.70. The standard InChI is InChI=1S/C12H10N4O3/c13-8-1-2-10(15-5-8)11(17)16-9-3-7(12(18)19)4-14-6-9/h1-6H,13H2,(H,16,17)(H,18,19). The Balaban J connectivity index is 2.17. The summed E-state index contributed by atoms with van der Waals surface area (Å²) in [7, 11) is 0. The van der Waals surface area contributed by atoms with E-state index in [1.54, 1.807) is 6.07 Å². The number of pyridine rings is 2. The molecule has 0 saturated carbocycles. The maximum atomic E-state index is 11.8. The maximum absolute atomic E-state index is 11.8. The summed E-state index contributed by atoms with van der Waals surface area (Å²) in [5, 5.41) is 11.3. The molecule has 0 saturated heterocycles. The van der Waals surface area contributed by atoms with Crippen molar-refractivity contribution < 1.29 is 14.7 Å². The second kappa shape index (κ2) is 5.13. The summed E-state index contributed by atoms with van der Waals surface area (Å²) in [6, 6.07) is 4.33. The molecule has 2 aromatic heterocycles. The van der Waals surface area contributed by atoms with Gasteiger partial charge >= 0.3 is 5.97 Å². The first-order chi connectivity index (χ1) is 9.06. The minimum atomic E-state index is -1.12. The number of nitrogens with zero attached hydrogens (tertiary/aromatic N) is 2. The first-order valence-corrected chi connectivity index (χ1v) is 5.27. The number of nitrogens with two attached hydrogens (primary N) is 1. The Morgan fingerprint density at radius 1 is 1.21 bits per heavy atom. The highest BCUT2D eigenvalue weighted by molar-refractivity contribution is 6.03. The van der Waals surface area contributed by atoms with Crippen LogP contribution in [0.1, 0.15) is 20.8 Å². The average molecular weight is 258 g/mol. The number of aromatic carboxylic acids is 1. The van der Waals surface area contributed by atoms with Gasteiger partial charge in [-0.2, -0.15) is 0 Å². The monoisotopic (exact) mass is 258 g/mol. The van der Waals surface area contributed by atoms with Gasteiger partial charge in [-0.05, 0) is 18.2 Å². The molecule has 2 aromatic rings. The first-order valence-electron chi connectivity index (χ1n) is 5.27. The fourth-order valence-electron chi connectivity index (χ4n) is 1.36. The lowest BCUT2D eigenvalue weighted by Gasteiger charge is -2.05. The smallest absolute Gasteiger partial charge is 0.337 e. The Hall–Kier alpha value is -2.96. The fourth-order valence-corrected chi connectivity index (χ4v) is 1.36. The number of rotatable bonds is 3. The second-order valence-corrected chi connectivity index (χ2v) is 3.70. The molecule has 1 amide bonds. The van der Waals surface area contributed by atoms with Crippen LogP contribution in [0.4, 0.5) is 11.4 Å². The van der Waals surface area contributed by atoms with Crippen molar-refractivity contribution in [3.05, 3.63) is 48.0 Å². The number of carbonyl (C=O) groups is 2. The Morgan fingerprint density at radius 2 is 2.00 bits per heavy atom. The van der Waals surface area contributed by atoms with Crippen LogP contribution in [0.5, 0.6) is 0 Å². The third-order valence-electron chi connectivity index (χ3n) is 2.26. The van der Waals surface area contributed by atoms with Crippen LogP contribution in [0.15, 0.2) is 36.8 Å². The van der Waals surface area contributed by atoms with E-state index in [2.05, 4.69) is 15.3 Å². The summed E-state index contributed by atoms with van der Waals surface area (Å²) in [4.78, 5) is 30.2. The van der Waals surface area contributed by atoms with Crippen LogP contribution in [0.3, 0.4) is 0 Å². The lowest BCUT2D eigenvalue weighted by molar-refractivity contribution is 0.0696. The molecule has 2 rings (SSSR count). The van der Waals surface area contributed by atoms with Crippen molar-refractivity contribution >= 4 is 23.3 Å². The SMILES string of the molecule is Nc1ccc(C(=O)Nc2cncc(C(=O)O)c2)nc1. The highest BCUT2D eigenvalue weighted by Crippen LogP contribution is 2.10. The van der Waals surface area contributed by atoms with E-state index in [0.717, 1.165) is 0 Å². The van der Waals surface area contributed by atoms with E-state index in [1.807, 2.05) is 0 Å². The molecular formula is C12H10N4O3. The molecule has 0 radical (unpaired) electrons. The van der Waals surface area contributed by atoms with Crippen LogP contribution in [-0.4, -0.2) is 27.0 Å². The van der Waals surface area contributed by atoms with Crippen molar-refractivity contribution in [2.75, 3.05) is 11.1 Å². The number of nitrogen functional groups attached to an aromatic ring is 1. The predicted molar refractivity (Wildman–Crippen MR) is 67.8 cm³/mol. The van der Waals surface area contributed by atoms with Gasteiger partial charge in [0.15, 0.2) is 0 Å². The number of amides is 1. The normalized spacial score (nSPS) is 9.89. The van der Waals surface area contributed by atoms with Gasteiger partial charge in [-0.3, -0.25) is 9.78 Å². The highest BCUT2D eigenvalue weighted by atomic mass is 16.4. The molecule has 0 bridgehead atoms. The number of aromatic nitrogens is 2. The zero-order valence-corrected chi connectivity index (χ0v) is 9.70. The van der Waals surface area contributed by atoms with E-state index < -0.39 is 11.9 Å². The van der Waals surface area contributed by atoms with Crippen LogP contribution in [0, 0.1) is 0 Å². The molecule has 0 aliphatic heterocycles. The largest absolute Gasteiger partial charge is 0.478 e.